The van der Waals surface area contributed by atoms with Crippen molar-refractivity contribution in [3.8, 4) is 5.75 Å². The van der Waals surface area contributed by atoms with Crippen LogP contribution in [0.3, 0.4) is 0 Å². The van der Waals surface area contributed by atoms with Gasteiger partial charge < -0.3 is 14.6 Å². The van der Waals surface area contributed by atoms with Gasteiger partial charge in [-0.25, -0.2) is 0 Å². The van der Waals surface area contributed by atoms with Crippen LogP contribution in [0.5, 0.6) is 5.75 Å². The average Bonchev–Trinajstić information content (AvgIpc) is 2.94. The summed E-state index contributed by atoms with van der Waals surface area (Å²) in [5, 5.41) is 6.81. The second-order valence-electron chi connectivity index (χ2n) is 6.45. The first-order chi connectivity index (χ1) is 12.4. The molecule has 0 spiro atoms. The number of para-hydroxylation sites is 1. The molecule has 3 aromatic rings. The topological polar surface area (TPSA) is 64.4 Å². The van der Waals surface area contributed by atoms with Crippen molar-refractivity contribution in [2.75, 3.05) is 5.32 Å². The lowest BCUT2D eigenvalue weighted by atomic mass is 10.1. The Morgan fingerprint density at radius 3 is 2.46 bits per heavy atom. The third-order valence-corrected chi connectivity index (χ3v) is 4.14. The molecule has 26 heavy (non-hydrogen) atoms. The van der Waals surface area contributed by atoms with Crippen molar-refractivity contribution in [1.82, 2.24) is 5.16 Å². The van der Waals surface area contributed by atoms with Gasteiger partial charge in [0.25, 0.3) is 5.91 Å². The summed E-state index contributed by atoms with van der Waals surface area (Å²) >= 11 is 0. The number of aryl methyl sites for hydroxylation is 4. The molecule has 0 aliphatic rings. The lowest BCUT2D eigenvalue weighted by Crippen LogP contribution is -2.15. The predicted molar refractivity (Wildman–Crippen MR) is 101 cm³/mol. The van der Waals surface area contributed by atoms with Crippen LogP contribution < -0.4 is 10.1 Å². The normalized spacial score (nSPS) is 10.6. The van der Waals surface area contributed by atoms with Crippen LogP contribution in [-0.2, 0) is 6.61 Å². The van der Waals surface area contributed by atoms with Gasteiger partial charge in [-0.05, 0) is 62.6 Å². The van der Waals surface area contributed by atoms with E-state index < -0.39 is 0 Å². The van der Waals surface area contributed by atoms with Crippen LogP contribution in [0.2, 0.25) is 0 Å². The van der Waals surface area contributed by atoms with Crippen molar-refractivity contribution in [2.24, 2.45) is 0 Å². The molecule has 134 valence electrons. The van der Waals surface area contributed by atoms with Gasteiger partial charge in [0.2, 0.25) is 0 Å². The molecule has 0 atom stereocenters. The molecule has 1 heterocycles. The fraction of sp³-hybridized carbons (Fsp3) is 0.238. The van der Waals surface area contributed by atoms with Crippen molar-refractivity contribution >= 4 is 11.6 Å². The van der Waals surface area contributed by atoms with Crippen LogP contribution >= 0.6 is 0 Å². The van der Waals surface area contributed by atoms with Crippen molar-refractivity contribution in [3.63, 3.8) is 0 Å². The van der Waals surface area contributed by atoms with Crippen molar-refractivity contribution in [3.05, 3.63) is 76.2 Å². The maximum Gasteiger partial charge on any atom is 0.278 e. The minimum atomic E-state index is -0.310. The molecule has 0 saturated heterocycles. The standard InChI is InChI=1S/C21H22N2O3/c1-13-9-14(2)11-17(10-13)22-21(24)20-18(16(4)26-23-20)12-25-19-8-6-5-7-15(19)3/h5-11H,12H2,1-4H3,(H,22,24). The van der Waals surface area contributed by atoms with E-state index in [4.69, 9.17) is 9.26 Å². The summed E-state index contributed by atoms with van der Waals surface area (Å²) in [6.07, 6.45) is 0. The summed E-state index contributed by atoms with van der Waals surface area (Å²) in [5.74, 6) is 1.04. The summed E-state index contributed by atoms with van der Waals surface area (Å²) < 4.78 is 11.1. The molecule has 0 radical (unpaired) electrons. The first-order valence-electron chi connectivity index (χ1n) is 8.47. The Kier molecular flexibility index (Phi) is 5.07. The number of hydrogen-bond donors (Lipinski definition) is 1. The molecule has 0 aliphatic heterocycles. The Hall–Kier alpha value is -3.08. The first kappa shape index (κ1) is 17.7. The van der Waals surface area contributed by atoms with Gasteiger partial charge >= 0.3 is 0 Å². The van der Waals surface area contributed by atoms with Gasteiger partial charge in [-0.3, -0.25) is 4.79 Å². The predicted octanol–water partition coefficient (Wildman–Crippen LogP) is 4.74. The molecule has 0 saturated carbocycles. The zero-order chi connectivity index (χ0) is 18.7. The van der Waals surface area contributed by atoms with E-state index in [-0.39, 0.29) is 18.2 Å². The smallest absolute Gasteiger partial charge is 0.278 e. The fourth-order valence-electron chi connectivity index (χ4n) is 2.84. The number of benzene rings is 2. The lowest BCUT2D eigenvalue weighted by Gasteiger charge is -2.10. The molecule has 2 aromatic carbocycles. The van der Waals surface area contributed by atoms with Gasteiger partial charge in [0.1, 0.15) is 18.1 Å². The molecule has 0 bridgehead atoms. The highest BCUT2D eigenvalue weighted by atomic mass is 16.5. The quantitative estimate of drug-likeness (QED) is 0.722. The largest absolute Gasteiger partial charge is 0.488 e. The minimum absolute atomic E-state index is 0.218. The molecule has 1 N–H and O–H groups in total. The fourth-order valence-corrected chi connectivity index (χ4v) is 2.84. The molecule has 1 aromatic heterocycles. The van der Waals surface area contributed by atoms with E-state index in [1.165, 1.54) is 0 Å². The van der Waals surface area contributed by atoms with Crippen molar-refractivity contribution < 1.29 is 14.1 Å². The lowest BCUT2D eigenvalue weighted by molar-refractivity contribution is 0.101. The van der Waals surface area contributed by atoms with E-state index in [0.717, 1.165) is 28.1 Å². The summed E-state index contributed by atoms with van der Waals surface area (Å²) in [6, 6.07) is 13.6. The SMILES string of the molecule is Cc1cc(C)cc(NC(=O)c2noc(C)c2COc2ccccc2C)c1. The van der Waals surface area contributed by atoms with Gasteiger partial charge in [-0.1, -0.05) is 29.4 Å². The summed E-state index contributed by atoms with van der Waals surface area (Å²) in [4.78, 5) is 12.7. The molecule has 5 nitrogen and oxygen atoms in total. The van der Waals surface area contributed by atoms with Gasteiger partial charge in [-0.2, -0.15) is 0 Å². The molecular formula is C21H22N2O3. The Morgan fingerprint density at radius 2 is 1.77 bits per heavy atom. The highest BCUT2D eigenvalue weighted by molar-refractivity contribution is 6.04. The third-order valence-electron chi connectivity index (χ3n) is 4.14. The maximum atomic E-state index is 12.7. The zero-order valence-corrected chi connectivity index (χ0v) is 15.4. The molecule has 1 amide bonds. The van der Waals surface area contributed by atoms with E-state index >= 15 is 0 Å². The van der Waals surface area contributed by atoms with Gasteiger partial charge in [0.15, 0.2) is 5.69 Å². The Labute approximate surface area is 153 Å². The molecular weight excluding hydrogens is 328 g/mol. The van der Waals surface area contributed by atoms with E-state index in [2.05, 4.69) is 16.5 Å². The number of nitrogens with zero attached hydrogens (tertiary/aromatic N) is 1. The molecule has 0 unspecified atom stereocenters. The number of carbonyl (C=O) groups is 1. The summed E-state index contributed by atoms with van der Waals surface area (Å²) in [7, 11) is 0. The van der Waals surface area contributed by atoms with Crippen LogP contribution in [0.1, 0.15) is 38.5 Å². The Balaban J connectivity index is 1.78. The molecule has 3 rings (SSSR count). The minimum Gasteiger partial charge on any atom is -0.488 e. The van der Waals surface area contributed by atoms with Crippen LogP contribution in [0, 0.1) is 27.7 Å². The van der Waals surface area contributed by atoms with E-state index in [9.17, 15) is 4.79 Å². The number of rotatable bonds is 5. The van der Waals surface area contributed by atoms with Crippen LogP contribution in [-0.4, -0.2) is 11.1 Å². The second kappa shape index (κ2) is 7.44. The number of ether oxygens (including phenoxy) is 1. The number of carbonyl (C=O) groups excluding carboxylic acids is 1. The van der Waals surface area contributed by atoms with Gasteiger partial charge in [0, 0.05) is 5.69 Å². The monoisotopic (exact) mass is 350 g/mol. The first-order valence-corrected chi connectivity index (χ1v) is 8.47. The van der Waals surface area contributed by atoms with E-state index in [1.54, 1.807) is 6.92 Å². The van der Waals surface area contributed by atoms with Crippen LogP contribution in [0.4, 0.5) is 5.69 Å². The van der Waals surface area contributed by atoms with Crippen molar-refractivity contribution in [2.45, 2.75) is 34.3 Å². The van der Waals surface area contributed by atoms with Crippen LogP contribution in [0.15, 0.2) is 47.0 Å². The molecule has 0 fully saturated rings. The summed E-state index contributed by atoms with van der Waals surface area (Å²) in [5.41, 5.74) is 4.83. The number of hydrogen-bond acceptors (Lipinski definition) is 4. The number of aromatic nitrogens is 1. The number of nitrogens with one attached hydrogen (secondary N) is 1. The van der Waals surface area contributed by atoms with Crippen molar-refractivity contribution in [1.29, 1.82) is 0 Å². The molecule has 5 heteroatoms. The van der Waals surface area contributed by atoms with E-state index in [0.29, 0.717) is 11.3 Å². The second-order valence-corrected chi connectivity index (χ2v) is 6.45. The van der Waals surface area contributed by atoms with Gasteiger partial charge in [-0.15, -0.1) is 0 Å². The Morgan fingerprint density at radius 1 is 1.08 bits per heavy atom. The molecule has 0 aliphatic carbocycles. The summed E-state index contributed by atoms with van der Waals surface area (Å²) in [6.45, 7) is 7.95. The van der Waals surface area contributed by atoms with E-state index in [1.807, 2.05) is 57.2 Å². The third kappa shape index (κ3) is 3.94. The number of amides is 1. The number of anilines is 1. The van der Waals surface area contributed by atoms with Crippen LogP contribution in [0.25, 0.3) is 0 Å². The average molecular weight is 350 g/mol. The highest BCUT2D eigenvalue weighted by Gasteiger charge is 2.21. The van der Waals surface area contributed by atoms with Gasteiger partial charge in [0.05, 0.1) is 5.56 Å². The maximum absolute atomic E-state index is 12.7. The zero-order valence-electron chi connectivity index (χ0n) is 15.4. The highest BCUT2D eigenvalue weighted by Crippen LogP contribution is 2.22. The Bertz CT molecular complexity index is 924.